The number of carbonyl (C=O) groups is 2. The minimum absolute atomic E-state index is 0.00665. The molecule has 1 N–H and O–H groups in total. The van der Waals surface area contributed by atoms with Gasteiger partial charge in [0.2, 0.25) is 5.78 Å². The molecule has 0 atom stereocenters. The third kappa shape index (κ3) is 4.26. The van der Waals surface area contributed by atoms with Gasteiger partial charge in [0.1, 0.15) is 5.70 Å². The Bertz CT molecular complexity index is 664. The Morgan fingerprint density at radius 2 is 1.88 bits per heavy atom. The lowest BCUT2D eigenvalue weighted by Crippen LogP contribution is -2.44. The molecule has 126 valence electrons. The Morgan fingerprint density at radius 1 is 1.12 bits per heavy atom. The molecule has 2 heterocycles. The fourth-order valence-corrected chi connectivity index (χ4v) is 3.58. The predicted molar refractivity (Wildman–Crippen MR) is 97.3 cm³/mol. The summed E-state index contributed by atoms with van der Waals surface area (Å²) in [5.41, 5.74) is 2.35. The van der Waals surface area contributed by atoms with Crippen LogP contribution in [-0.4, -0.2) is 47.8 Å². The van der Waals surface area contributed by atoms with Gasteiger partial charge in [0.25, 0.3) is 0 Å². The van der Waals surface area contributed by atoms with Crippen molar-refractivity contribution in [3.8, 4) is 0 Å². The second-order valence-corrected chi connectivity index (χ2v) is 6.73. The second kappa shape index (κ2) is 8.15. The number of thioether (sulfide) groups is 1. The van der Waals surface area contributed by atoms with Crippen molar-refractivity contribution in [2.75, 3.05) is 25.4 Å². The largest absolute Gasteiger partial charge is 0.330 e. The normalized spacial score (nSPS) is 17.8. The number of nitrogens with one attached hydrogen (secondary N) is 1. The van der Waals surface area contributed by atoms with Crippen LogP contribution < -0.4 is 5.32 Å². The average Bonchev–Trinajstić information content (AvgIpc) is 2.67. The van der Waals surface area contributed by atoms with Gasteiger partial charge in [0.15, 0.2) is 0 Å². The van der Waals surface area contributed by atoms with Crippen molar-refractivity contribution in [2.45, 2.75) is 19.3 Å². The molecule has 1 aromatic carbocycles. The summed E-state index contributed by atoms with van der Waals surface area (Å²) >= 11 is 1.56. The molecule has 0 aromatic heterocycles. The van der Waals surface area contributed by atoms with Crippen LogP contribution in [0.4, 0.5) is 4.79 Å². The van der Waals surface area contributed by atoms with Crippen LogP contribution in [0, 0.1) is 0 Å². The van der Waals surface area contributed by atoms with Gasteiger partial charge in [0.05, 0.1) is 12.3 Å². The van der Waals surface area contributed by atoms with Gasteiger partial charge >= 0.3 is 6.03 Å². The molecule has 1 fully saturated rings. The monoisotopic (exact) mass is 343 g/mol. The van der Waals surface area contributed by atoms with Crippen molar-refractivity contribution in [1.82, 2.24) is 10.2 Å². The number of carbonyl (C=O) groups excluding carboxylic acids is 2. The number of urea groups is 1. The molecular weight excluding hydrogens is 322 g/mol. The van der Waals surface area contributed by atoms with E-state index >= 15 is 0 Å². The van der Waals surface area contributed by atoms with Gasteiger partial charge in [-0.3, -0.25) is 4.79 Å². The van der Waals surface area contributed by atoms with Crippen LogP contribution in [0.15, 0.2) is 46.4 Å². The van der Waals surface area contributed by atoms with Crippen molar-refractivity contribution >= 4 is 29.3 Å². The lowest BCUT2D eigenvalue weighted by molar-refractivity contribution is -0.114. The molecule has 6 heteroatoms. The summed E-state index contributed by atoms with van der Waals surface area (Å²) in [4.78, 5) is 30.7. The van der Waals surface area contributed by atoms with Crippen LogP contribution in [-0.2, 0) is 4.79 Å². The molecule has 2 amide bonds. The van der Waals surface area contributed by atoms with Crippen LogP contribution in [0.2, 0.25) is 0 Å². The first-order chi connectivity index (χ1) is 11.7. The molecule has 0 saturated carbocycles. The van der Waals surface area contributed by atoms with E-state index in [0.717, 1.165) is 43.0 Å². The number of aliphatic imine (C=N–C) groups is 1. The molecule has 1 aromatic rings. The number of likely N-dealkylation sites (tertiary alicyclic amines) is 1. The smallest absolute Gasteiger partial charge is 0.317 e. The molecule has 0 bridgehead atoms. The summed E-state index contributed by atoms with van der Waals surface area (Å²) < 4.78 is 0. The number of hydrogen-bond donors (Lipinski definition) is 1. The first kappa shape index (κ1) is 16.8. The Labute approximate surface area is 146 Å². The van der Waals surface area contributed by atoms with E-state index in [-0.39, 0.29) is 18.4 Å². The van der Waals surface area contributed by atoms with Crippen molar-refractivity contribution in [3.05, 3.63) is 47.0 Å². The van der Waals surface area contributed by atoms with Gasteiger partial charge < -0.3 is 10.2 Å². The number of benzene rings is 1. The van der Waals surface area contributed by atoms with Gasteiger partial charge in [0, 0.05) is 24.3 Å². The van der Waals surface area contributed by atoms with Crippen molar-refractivity contribution < 1.29 is 9.59 Å². The third-order valence-electron chi connectivity index (χ3n) is 4.11. The van der Waals surface area contributed by atoms with Gasteiger partial charge in [-0.05, 0) is 24.8 Å². The highest BCUT2D eigenvalue weighted by Crippen LogP contribution is 2.20. The third-order valence-corrected chi connectivity index (χ3v) is 4.94. The number of amides is 2. The van der Waals surface area contributed by atoms with E-state index in [1.165, 1.54) is 6.42 Å². The van der Waals surface area contributed by atoms with Gasteiger partial charge in [-0.25, -0.2) is 9.79 Å². The van der Waals surface area contributed by atoms with E-state index in [1.54, 1.807) is 22.1 Å². The fraction of sp³-hybridized carbons (Fsp3) is 0.389. The molecule has 1 saturated heterocycles. The minimum Gasteiger partial charge on any atom is -0.330 e. The number of ketones is 1. The highest BCUT2D eigenvalue weighted by molar-refractivity contribution is 8.02. The van der Waals surface area contributed by atoms with E-state index in [1.807, 2.05) is 30.3 Å². The minimum atomic E-state index is -0.153. The Hall–Kier alpha value is -2.08. The maximum absolute atomic E-state index is 12.3. The summed E-state index contributed by atoms with van der Waals surface area (Å²) in [5, 5.41) is 4.50. The molecule has 24 heavy (non-hydrogen) atoms. The Kier molecular flexibility index (Phi) is 5.69. The van der Waals surface area contributed by atoms with Crippen LogP contribution in [0.1, 0.15) is 24.8 Å². The zero-order valence-corrected chi connectivity index (χ0v) is 14.3. The molecule has 5 nitrogen and oxygen atoms in total. The molecule has 2 aliphatic heterocycles. The average molecular weight is 343 g/mol. The topological polar surface area (TPSA) is 61.8 Å². The number of Topliss-reactive ketones (excluding diaryl/α,β-unsaturated/α-hetero) is 1. The Morgan fingerprint density at radius 3 is 2.62 bits per heavy atom. The molecule has 2 aliphatic rings. The van der Waals surface area contributed by atoms with Crippen LogP contribution >= 0.6 is 11.8 Å². The van der Waals surface area contributed by atoms with E-state index in [4.69, 9.17) is 0 Å². The lowest BCUT2D eigenvalue weighted by atomic mass is 10.1. The summed E-state index contributed by atoms with van der Waals surface area (Å²) in [5.74, 6) is 0.599. The van der Waals surface area contributed by atoms with Crippen LogP contribution in [0.5, 0.6) is 0 Å². The van der Waals surface area contributed by atoms with Crippen molar-refractivity contribution in [2.24, 2.45) is 4.99 Å². The predicted octanol–water partition coefficient (Wildman–Crippen LogP) is 2.83. The number of piperidine rings is 1. The summed E-state index contributed by atoms with van der Waals surface area (Å²) in [6, 6.07) is 9.70. The summed E-state index contributed by atoms with van der Waals surface area (Å²) in [7, 11) is 0. The van der Waals surface area contributed by atoms with E-state index < -0.39 is 0 Å². The van der Waals surface area contributed by atoms with Crippen molar-refractivity contribution in [1.29, 1.82) is 0 Å². The van der Waals surface area contributed by atoms with Crippen LogP contribution in [0.25, 0.3) is 0 Å². The quantitative estimate of drug-likeness (QED) is 0.914. The maximum atomic E-state index is 12.3. The highest BCUT2D eigenvalue weighted by Gasteiger charge is 2.19. The molecular formula is C18H21N3O2S. The maximum Gasteiger partial charge on any atom is 0.317 e. The van der Waals surface area contributed by atoms with E-state index in [9.17, 15) is 9.59 Å². The van der Waals surface area contributed by atoms with Gasteiger partial charge in [-0.1, -0.05) is 30.3 Å². The lowest BCUT2D eigenvalue weighted by Gasteiger charge is -2.26. The van der Waals surface area contributed by atoms with Gasteiger partial charge in [-0.2, -0.15) is 0 Å². The summed E-state index contributed by atoms with van der Waals surface area (Å²) in [6.07, 6.45) is 3.24. The molecule has 3 rings (SSSR count). The number of hydrogen-bond acceptors (Lipinski definition) is 4. The number of nitrogens with zero attached hydrogens (tertiary/aromatic N) is 2. The van der Waals surface area contributed by atoms with Crippen molar-refractivity contribution in [3.63, 3.8) is 0 Å². The molecule has 0 radical (unpaired) electrons. The molecule has 0 aliphatic carbocycles. The van der Waals surface area contributed by atoms with Crippen LogP contribution in [0.3, 0.4) is 0 Å². The second-order valence-electron chi connectivity index (χ2n) is 5.87. The number of rotatable bonds is 4. The SMILES string of the molecule is O=C(CNC(=O)N1CCCCC1)C1=CSCC(c2ccccc2)=N1. The first-order valence-corrected chi connectivity index (χ1v) is 9.29. The fourth-order valence-electron chi connectivity index (χ4n) is 2.77. The van der Waals surface area contributed by atoms with Gasteiger partial charge in [-0.15, -0.1) is 11.8 Å². The highest BCUT2D eigenvalue weighted by atomic mass is 32.2. The molecule has 0 spiro atoms. The Balaban J connectivity index is 1.57. The summed E-state index contributed by atoms with van der Waals surface area (Å²) in [6.45, 7) is 1.54. The zero-order chi connectivity index (χ0) is 16.8. The van der Waals surface area contributed by atoms with E-state index in [2.05, 4.69) is 10.3 Å². The molecule has 0 unspecified atom stereocenters. The standard InChI is InChI=1S/C18H21N3O2S/c22-17(11-19-18(23)21-9-5-2-6-10-21)16-13-24-12-15(20-16)14-7-3-1-4-8-14/h1,3-4,7-8,13H,2,5-6,9-12H2,(H,19,23). The first-order valence-electron chi connectivity index (χ1n) is 8.25. The zero-order valence-electron chi connectivity index (χ0n) is 13.5. The van der Waals surface area contributed by atoms with E-state index in [0.29, 0.717) is 5.70 Å².